The van der Waals surface area contributed by atoms with Gasteiger partial charge in [0.25, 0.3) is 5.91 Å². The van der Waals surface area contributed by atoms with E-state index in [9.17, 15) is 4.79 Å². The maximum atomic E-state index is 12.1. The molecule has 0 saturated heterocycles. The van der Waals surface area contributed by atoms with Crippen LogP contribution in [-0.2, 0) is 4.84 Å². The number of pyridine rings is 2. The van der Waals surface area contributed by atoms with Gasteiger partial charge in [0.2, 0.25) is 5.88 Å². The Morgan fingerprint density at radius 1 is 1.26 bits per heavy atom. The molecule has 0 aromatic carbocycles. The molecule has 0 N–H and O–H groups in total. The second-order valence-electron chi connectivity index (χ2n) is 3.63. The fourth-order valence-corrected chi connectivity index (χ4v) is 1.41. The molecule has 0 aliphatic rings. The zero-order valence-corrected chi connectivity index (χ0v) is 10.6. The molecular weight excluding hydrogens is 246 g/mol. The first-order chi connectivity index (χ1) is 9.22. The SMILES string of the molecule is CON(C)C(=O)c1cccnc1Oc1cccnc1. The number of carbonyl (C=O) groups excluding carboxylic acids is 1. The third-order valence-electron chi connectivity index (χ3n) is 2.41. The lowest BCUT2D eigenvalue weighted by molar-refractivity contribution is -0.0758. The number of aromatic nitrogens is 2. The van der Waals surface area contributed by atoms with Crippen molar-refractivity contribution in [3.63, 3.8) is 0 Å². The minimum atomic E-state index is -0.338. The summed E-state index contributed by atoms with van der Waals surface area (Å²) in [5.74, 6) is 0.384. The summed E-state index contributed by atoms with van der Waals surface area (Å²) in [6.07, 6.45) is 4.73. The zero-order valence-electron chi connectivity index (χ0n) is 10.6. The van der Waals surface area contributed by atoms with Gasteiger partial charge in [0.1, 0.15) is 11.3 Å². The molecule has 6 nitrogen and oxygen atoms in total. The second-order valence-corrected chi connectivity index (χ2v) is 3.63. The fourth-order valence-electron chi connectivity index (χ4n) is 1.41. The third kappa shape index (κ3) is 3.05. The molecule has 2 heterocycles. The average Bonchev–Trinajstić information content (AvgIpc) is 2.47. The van der Waals surface area contributed by atoms with Crippen molar-refractivity contribution >= 4 is 5.91 Å². The minimum absolute atomic E-state index is 0.212. The number of hydrogen-bond donors (Lipinski definition) is 0. The fraction of sp³-hybridized carbons (Fsp3) is 0.154. The van der Waals surface area contributed by atoms with Crippen LogP contribution in [0.4, 0.5) is 0 Å². The molecule has 0 radical (unpaired) electrons. The van der Waals surface area contributed by atoms with Crippen LogP contribution in [0.3, 0.4) is 0 Å². The van der Waals surface area contributed by atoms with E-state index in [2.05, 4.69) is 9.97 Å². The number of rotatable bonds is 4. The number of nitrogens with zero attached hydrogens (tertiary/aromatic N) is 3. The summed E-state index contributed by atoms with van der Waals surface area (Å²) >= 11 is 0. The van der Waals surface area contributed by atoms with E-state index in [1.54, 1.807) is 42.9 Å². The van der Waals surface area contributed by atoms with Gasteiger partial charge in [-0.05, 0) is 24.3 Å². The highest BCUT2D eigenvalue weighted by Gasteiger charge is 2.18. The van der Waals surface area contributed by atoms with Crippen LogP contribution >= 0.6 is 0 Å². The molecule has 0 unspecified atom stereocenters. The summed E-state index contributed by atoms with van der Waals surface area (Å²) in [4.78, 5) is 24.9. The largest absolute Gasteiger partial charge is 0.437 e. The minimum Gasteiger partial charge on any atom is -0.437 e. The molecule has 98 valence electrons. The topological polar surface area (TPSA) is 64.5 Å². The normalized spacial score (nSPS) is 10.0. The smallest absolute Gasteiger partial charge is 0.282 e. The van der Waals surface area contributed by atoms with Crippen LogP contribution in [0.15, 0.2) is 42.9 Å². The first-order valence-electron chi connectivity index (χ1n) is 5.57. The summed E-state index contributed by atoms with van der Waals surface area (Å²) in [7, 11) is 2.93. The second kappa shape index (κ2) is 5.92. The zero-order chi connectivity index (χ0) is 13.7. The maximum absolute atomic E-state index is 12.1. The van der Waals surface area contributed by atoms with Crippen molar-refractivity contribution in [1.29, 1.82) is 0 Å². The quantitative estimate of drug-likeness (QED) is 0.785. The van der Waals surface area contributed by atoms with Crippen LogP contribution in [0.5, 0.6) is 11.6 Å². The number of hydroxylamine groups is 2. The van der Waals surface area contributed by atoms with Gasteiger partial charge < -0.3 is 4.74 Å². The Kier molecular flexibility index (Phi) is 4.04. The maximum Gasteiger partial charge on any atom is 0.282 e. The Morgan fingerprint density at radius 3 is 2.74 bits per heavy atom. The lowest BCUT2D eigenvalue weighted by Crippen LogP contribution is -2.25. The summed E-state index contributed by atoms with van der Waals surface area (Å²) in [6, 6.07) is 6.75. The van der Waals surface area contributed by atoms with Crippen molar-refractivity contribution in [3.8, 4) is 11.6 Å². The third-order valence-corrected chi connectivity index (χ3v) is 2.41. The van der Waals surface area contributed by atoms with Gasteiger partial charge in [0, 0.05) is 19.4 Å². The van der Waals surface area contributed by atoms with Gasteiger partial charge in [0.05, 0.1) is 13.3 Å². The van der Waals surface area contributed by atoms with E-state index in [-0.39, 0.29) is 11.8 Å². The van der Waals surface area contributed by atoms with Crippen LogP contribution in [0, 0.1) is 0 Å². The number of ether oxygens (including phenoxy) is 1. The van der Waals surface area contributed by atoms with Gasteiger partial charge in [-0.15, -0.1) is 0 Å². The molecule has 0 aliphatic carbocycles. The van der Waals surface area contributed by atoms with E-state index in [0.717, 1.165) is 5.06 Å². The molecule has 1 amide bonds. The number of hydrogen-bond acceptors (Lipinski definition) is 5. The molecule has 2 rings (SSSR count). The molecule has 2 aromatic heterocycles. The molecule has 0 aliphatic heterocycles. The highest BCUT2D eigenvalue weighted by molar-refractivity contribution is 5.95. The van der Waals surface area contributed by atoms with Crippen LogP contribution in [0.2, 0.25) is 0 Å². The Hall–Kier alpha value is -2.47. The Morgan fingerprint density at radius 2 is 2.05 bits per heavy atom. The molecule has 0 spiro atoms. The van der Waals surface area contributed by atoms with Gasteiger partial charge >= 0.3 is 0 Å². The van der Waals surface area contributed by atoms with Crippen molar-refractivity contribution in [2.75, 3.05) is 14.2 Å². The number of amides is 1. The Labute approximate surface area is 110 Å². The first kappa shape index (κ1) is 13.0. The van der Waals surface area contributed by atoms with E-state index in [4.69, 9.17) is 9.57 Å². The highest BCUT2D eigenvalue weighted by Crippen LogP contribution is 2.22. The van der Waals surface area contributed by atoms with E-state index in [1.165, 1.54) is 14.2 Å². The average molecular weight is 259 g/mol. The van der Waals surface area contributed by atoms with Gasteiger partial charge in [-0.2, -0.15) is 0 Å². The van der Waals surface area contributed by atoms with Gasteiger partial charge in [-0.1, -0.05) is 0 Å². The van der Waals surface area contributed by atoms with Gasteiger partial charge in [0.15, 0.2) is 0 Å². The van der Waals surface area contributed by atoms with Crippen molar-refractivity contribution in [1.82, 2.24) is 15.0 Å². The van der Waals surface area contributed by atoms with Crippen LogP contribution in [-0.4, -0.2) is 35.1 Å². The Balaban J connectivity index is 2.29. The highest BCUT2D eigenvalue weighted by atomic mass is 16.7. The predicted molar refractivity (Wildman–Crippen MR) is 67.7 cm³/mol. The standard InChI is InChI=1S/C13H13N3O3/c1-16(18-2)13(17)11-6-4-8-15-12(11)19-10-5-3-7-14-9-10/h3-9H,1-2H3. The van der Waals surface area contributed by atoms with Gasteiger partial charge in [-0.3, -0.25) is 14.6 Å². The molecule has 6 heteroatoms. The first-order valence-corrected chi connectivity index (χ1v) is 5.57. The molecule has 0 bridgehead atoms. The summed E-state index contributed by atoms with van der Waals surface area (Å²) in [5.41, 5.74) is 0.315. The summed E-state index contributed by atoms with van der Waals surface area (Å²) < 4.78 is 5.55. The molecular formula is C13H13N3O3. The van der Waals surface area contributed by atoms with Crippen molar-refractivity contribution in [3.05, 3.63) is 48.4 Å². The molecule has 0 atom stereocenters. The van der Waals surface area contributed by atoms with E-state index < -0.39 is 0 Å². The van der Waals surface area contributed by atoms with Crippen molar-refractivity contribution in [2.24, 2.45) is 0 Å². The molecule has 2 aromatic rings. The summed E-state index contributed by atoms with van der Waals surface area (Å²) in [5, 5.41) is 1.10. The lowest BCUT2D eigenvalue weighted by Gasteiger charge is -2.15. The molecule has 0 fully saturated rings. The van der Waals surface area contributed by atoms with E-state index in [0.29, 0.717) is 11.3 Å². The van der Waals surface area contributed by atoms with E-state index in [1.807, 2.05) is 0 Å². The van der Waals surface area contributed by atoms with E-state index >= 15 is 0 Å². The van der Waals surface area contributed by atoms with Crippen LogP contribution in [0.1, 0.15) is 10.4 Å². The lowest BCUT2D eigenvalue weighted by atomic mass is 10.2. The number of carbonyl (C=O) groups is 1. The van der Waals surface area contributed by atoms with Crippen LogP contribution in [0.25, 0.3) is 0 Å². The Bertz CT molecular complexity index is 560. The van der Waals surface area contributed by atoms with Crippen LogP contribution < -0.4 is 4.74 Å². The van der Waals surface area contributed by atoms with Crippen molar-refractivity contribution < 1.29 is 14.4 Å². The van der Waals surface area contributed by atoms with Gasteiger partial charge in [-0.25, -0.2) is 10.0 Å². The summed E-state index contributed by atoms with van der Waals surface area (Å²) in [6.45, 7) is 0. The molecule has 19 heavy (non-hydrogen) atoms. The van der Waals surface area contributed by atoms with Crippen molar-refractivity contribution in [2.45, 2.75) is 0 Å². The monoisotopic (exact) mass is 259 g/mol. The predicted octanol–water partition coefficient (Wildman–Crippen LogP) is 1.90. The molecule has 0 saturated carbocycles.